The second-order valence-corrected chi connectivity index (χ2v) is 3.61. The zero-order chi connectivity index (χ0) is 12.3. The summed E-state index contributed by atoms with van der Waals surface area (Å²) < 4.78 is 5.03. The maximum absolute atomic E-state index is 12.1. The van der Waals surface area contributed by atoms with Gasteiger partial charge in [0.05, 0.1) is 13.3 Å². The molecule has 0 N–H and O–H groups in total. The Bertz CT molecular complexity index is 553. The van der Waals surface area contributed by atoms with Crippen LogP contribution >= 0.6 is 0 Å². The highest BCUT2D eigenvalue weighted by atomic mass is 16.5. The Labute approximate surface area is 99.3 Å². The smallest absolute Gasteiger partial charge is 0.213 e. The zero-order valence-corrected chi connectivity index (χ0v) is 9.68. The zero-order valence-electron chi connectivity index (χ0n) is 9.68. The van der Waals surface area contributed by atoms with E-state index in [1.807, 2.05) is 19.1 Å². The van der Waals surface area contributed by atoms with Gasteiger partial charge in [0.15, 0.2) is 0 Å². The van der Waals surface area contributed by atoms with Crippen LogP contribution in [0.15, 0.2) is 36.7 Å². The second kappa shape index (κ2) is 4.74. The van der Waals surface area contributed by atoms with Crippen LogP contribution in [0, 0.1) is 6.92 Å². The monoisotopic (exact) mass is 228 g/mol. The first-order valence-corrected chi connectivity index (χ1v) is 5.18. The largest absolute Gasteiger partial charge is 0.495 e. The number of nitrogens with zero attached hydrogens (tertiary/aromatic N) is 2. The second-order valence-electron chi connectivity index (χ2n) is 3.61. The number of carbonyl (C=O) groups excluding carboxylic acids is 1. The van der Waals surface area contributed by atoms with Gasteiger partial charge in [0, 0.05) is 17.5 Å². The first-order chi connectivity index (χ1) is 8.20. The molecule has 0 spiro atoms. The molecule has 0 amide bonds. The van der Waals surface area contributed by atoms with Crippen molar-refractivity contribution in [2.75, 3.05) is 7.11 Å². The summed E-state index contributed by atoms with van der Waals surface area (Å²) in [7, 11) is 1.54. The number of aromatic nitrogens is 2. The molecular formula is C13H12N2O2. The summed E-state index contributed by atoms with van der Waals surface area (Å²) in [6.07, 6.45) is 3.06. The number of carbonyl (C=O) groups is 1. The van der Waals surface area contributed by atoms with Crippen LogP contribution < -0.4 is 4.74 Å². The van der Waals surface area contributed by atoms with Crippen molar-refractivity contribution >= 4 is 5.78 Å². The van der Waals surface area contributed by atoms with E-state index in [9.17, 15) is 4.79 Å². The Morgan fingerprint density at radius 1 is 1.29 bits per heavy atom. The predicted octanol–water partition coefficient (Wildman–Crippen LogP) is 2.02. The molecule has 0 unspecified atom stereocenters. The highest BCUT2D eigenvalue weighted by Gasteiger charge is 2.11. The lowest BCUT2D eigenvalue weighted by atomic mass is 10.1. The van der Waals surface area contributed by atoms with Crippen molar-refractivity contribution in [2.45, 2.75) is 6.92 Å². The van der Waals surface area contributed by atoms with Crippen molar-refractivity contribution in [2.24, 2.45) is 0 Å². The van der Waals surface area contributed by atoms with Gasteiger partial charge in [-0.05, 0) is 25.1 Å². The Balaban J connectivity index is 2.36. The number of methoxy groups -OCH3 is 1. The Hall–Kier alpha value is -2.23. The molecule has 0 bridgehead atoms. The summed E-state index contributed by atoms with van der Waals surface area (Å²) >= 11 is 0. The van der Waals surface area contributed by atoms with Gasteiger partial charge in [-0.25, -0.2) is 4.98 Å². The molecule has 2 aromatic heterocycles. The number of ether oxygens (including phenoxy) is 1. The highest BCUT2D eigenvalue weighted by molar-refractivity contribution is 6.07. The molecule has 0 saturated carbocycles. The number of ketones is 1. The first-order valence-electron chi connectivity index (χ1n) is 5.18. The van der Waals surface area contributed by atoms with Crippen LogP contribution in [0.2, 0.25) is 0 Å². The average molecular weight is 228 g/mol. The lowest BCUT2D eigenvalue weighted by Crippen LogP contribution is -2.05. The molecule has 0 aliphatic heterocycles. The maximum atomic E-state index is 12.1. The van der Waals surface area contributed by atoms with Crippen molar-refractivity contribution in [1.82, 2.24) is 9.97 Å². The minimum atomic E-state index is -0.153. The van der Waals surface area contributed by atoms with E-state index in [1.54, 1.807) is 18.3 Å². The van der Waals surface area contributed by atoms with Gasteiger partial charge in [-0.1, -0.05) is 6.07 Å². The van der Waals surface area contributed by atoms with Crippen molar-refractivity contribution in [3.05, 3.63) is 53.6 Å². The fraction of sp³-hybridized carbons (Fsp3) is 0.154. The molecule has 0 radical (unpaired) electrons. The standard InChI is InChI=1S/C13H12N2O2/c1-9-4-3-5-12(15-9)13(16)10-6-11(17-2)8-14-7-10/h3-8H,1-2H3. The minimum absolute atomic E-state index is 0.153. The SMILES string of the molecule is COc1cncc(C(=O)c2cccc(C)n2)c1. The van der Waals surface area contributed by atoms with Crippen molar-refractivity contribution in [3.8, 4) is 5.75 Å². The summed E-state index contributed by atoms with van der Waals surface area (Å²) in [5.41, 5.74) is 1.70. The fourth-order valence-electron chi connectivity index (χ4n) is 1.47. The van der Waals surface area contributed by atoms with Gasteiger partial charge in [-0.2, -0.15) is 0 Å². The Morgan fingerprint density at radius 2 is 2.12 bits per heavy atom. The molecule has 0 fully saturated rings. The highest BCUT2D eigenvalue weighted by Crippen LogP contribution is 2.13. The summed E-state index contributed by atoms with van der Waals surface area (Å²) in [6, 6.07) is 7.00. The Kier molecular flexibility index (Phi) is 3.14. The first kappa shape index (κ1) is 11.3. The third-order valence-electron chi connectivity index (χ3n) is 2.33. The minimum Gasteiger partial charge on any atom is -0.495 e. The molecule has 2 heterocycles. The summed E-state index contributed by atoms with van der Waals surface area (Å²) in [5, 5.41) is 0. The van der Waals surface area contributed by atoms with Crippen molar-refractivity contribution in [1.29, 1.82) is 0 Å². The van der Waals surface area contributed by atoms with Crippen LogP contribution in [0.25, 0.3) is 0 Å². The molecule has 0 saturated heterocycles. The van der Waals surface area contributed by atoms with E-state index < -0.39 is 0 Å². The lowest BCUT2D eigenvalue weighted by Gasteiger charge is -2.03. The molecule has 2 rings (SSSR count). The van der Waals surface area contributed by atoms with Gasteiger partial charge in [0.25, 0.3) is 0 Å². The van der Waals surface area contributed by atoms with E-state index >= 15 is 0 Å². The van der Waals surface area contributed by atoms with Crippen molar-refractivity contribution < 1.29 is 9.53 Å². The molecule has 86 valence electrons. The number of hydrogen-bond acceptors (Lipinski definition) is 4. The van der Waals surface area contributed by atoms with Gasteiger partial charge in [-0.3, -0.25) is 9.78 Å². The van der Waals surface area contributed by atoms with Gasteiger partial charge in [-0.15, -0.1) is 0 Å². The lowest BCUT2D eigenvalue weighted by molar-refractivity contribution is 0.103. The van der Waals surface area contributed by atoms with E-state index in [1.165, 1.54) is 13.3 Å². The molecule has 0 aliphatic rings. The van der Waals surface area contributed by atoms with Gasteiger partial charge in [0.1, 0.15) is 11.4 Å². The number of rotatable bonds is 3. The van der Waals surface area contributed by atoms with Crippen LogP contribution in [0.5, 0.6) is 5.75 Å². The van der Waals surface area contributed by atoms with E-state index in [-0.39, 0.29) is 5.78 Å². The summed E-state index contributed by atoms with van der Waals surface area (Å²) in [4.78, 5) is 20.2. The van der Waals surface area contributed by atoms with E-state index in [4.69, 9.17) is 4.74 Å². The normalized spacial score (nSPS) is 10.0. The van der Waals surface area contributed by atoms with E-state index in [2.05, 4.69) is 9.97 Å². The third kappa shape index (κ3) is 2.47. The van der Waals surface area contributed by atoms with Gasteiger partial charge in [0.2, 0.25) is 5.78 Å². The summed E-state index contributed by atoms with van der Waals surface area (Å²) in [5.74, 6) is 0.406. The number of pyridine rings is 2. The topological polar surface area (TPSA) is 52.1 Å². The van der Waals surface area contributed by atoms with E-state index in [0.29, 0.717) is 17.0 Å². The maximum Gasteiger partial charge on any atom is 0.213 e. The third-order valence-corrected chi connectivity index (χ3v) is 2.33. The molecule has 2 aromatic rings. The molecule has 17 heavy (non-hydrogen) atoms. The fourth-order valence-corrected chi connectivity index (χ4v) is 1.47. The average Bonchev–Trinajstić information content (AvgIpc) is 2.38. The molecule has 0 aromatic carbocycles. The number of hydrogen-bond donors (Lipinski definition) is 0. The van der Waals surface area contributed by atoms with Crippen LogP contribution in [0.1, 0.15) is 21.7 Å². The van der Waals surface area contributed by atoms with E-state index in [0.717, 1.165) is 5.69 Å². The molecular weight excluding hydrogens is 216 g/mol. The van der Waals surface area contributed by atoms with Crippen LogP contribution in [-0.2, 0) is 0 Å². The Morgan fingerprint density at radius 3 is 2.82 bits per heavy atom. The van der Waals surface area contributed by atoms with Crippen LogP contribution in [-0.4, -0.2) is 22.9 Å². The molecule has 0 atom stereocenters. The van der Waals surface area contributed by atoms with Crippen LogP contribution in [0.3, 0.4) is 0 Å². The molecule has 4 nitrogen and oxygen atoms in total. The predicted molar refractivity (Wildman–Crippen MR) is 63.2 cm³/mol. The van der Waals surface area contributed by atoms with Gasteiger partial charge < -0.3 is 4.74 Å². The van der Waals surface area contributed by atoms with Crippen molar-refractivity contribution in [3.63, 3.8) is 0 Å². The number of aryl methyl sites for hydroxylation is 1. The molecule has 4 heteroatoms. The quantitative estimate of drug-likeness (QED) is 0.754. The van der Waals surface area contributed by atoms with Crippen LogP contribution in [0.4, 0.5) is 0 Å². The molecule has 0 aliphatic carbocycles. The van der Waals surface area contributed by atoms with Gasteiger partial charge >= 0.3 is 0 Å². The summed E-state index contributed by atoms with van der Waals surface area (Å²) in [6.45, 7) is 1.85.